The Hall–Kier alpha value is -13.6. The predicted octanol–water partition coefficient (Wildman–Crippen LogP) is 20.7. The molecule has 0 spiro atoms. The third-order valence-electron chi connectivity index (χ3n) is 18.3. The SMILES string of the molecule is COC(=O)Cc1cc2ccccc2o1.COC(=O)Cc1cc2ccccc2o1.COC(=O)Cc1oc2ccccc2c1C(=O)c1ccc(O)cc1.COC(=O)Cc1oc2ccccc2c1C(=O)c1ccc(OC)cc1.COC(=O)Cc1oc2ccccc2c1C(=O)c1ccc(OC)cc1.COc1ccc(C(=O)Cl)cc1.O=C(O)Cc1cc2ccccc2o1.[Cl][Sn]([Cl])([Cl])[Cl]. The molecule has 10 aromatic carbocycles. The Morgan fingerprint density at radius 1 is 0.297 bits per heavy atom. The Bertz CT molecular complexity index is 6170. The average Bonchev–Trinajstić information content (AvgIpc) is 1.63. The zero-order valence-electron chi connectivity index (χ0n) is 69.7. The summed E-state index contributed by atoms with van der Waals surface area (Å²) in [5.41, 5.74) is 6.99. The normalized spacial score (nSPS) is 10.5. The molecule has 0 aliphatic heterocycles. The number of aliphatic carboxylic acids is 1. The topological polar surface area (TPSA) is 364 Å². The molecule has 0 saturated carbocycles. The number of aromatic hydroxyl groups is 1. The van der Waals surface area contributed by atoms with Gasteiger partial charge in [0.15, 0.2) is 17.3 Å². The number of carbonyl (C=O) groups excluding carboxylic acids is 9. The summed E-state index contributed by atoms with van der Waals surface area (Å²) in [6, 6.07) is 75.9. The number of carboxylic acid groups (broad SMARTS) is 1. The summed E-state index contributed by atoms with van der Waals surface area (Å²) in [6.07, 6.45) is 0.000191. The van der Waals surface area contributed by atoms with Crippen molar-refractivity contribution in [1.29, 1.82) is 0 Å². The van der Waals surface area contributed by atoms with E-state index in [1.807, 2.05) is 109 Å². The molecular formula is C96H81Cl5O26Sn. The van der Waals surface area contributed by atoms with Crippen LogP contribution in [-0.4, -0.2) is 139 Å². The maximum atomic E-state index is 13.0. The van der Waals surface area contributed by atoms with Gasteiger partial charge in [-0.2, -0.15) is 0 Å². The van der Waals surface area contributed by atoms with Gasteiger partial charge in [0.25, 0.3) is 5.24 Å². The second-order valence-corrected chi connectivity index (χ2v) is 52.5. The molecule has 16 rings (SSSR count). The molecule has 32 heteroatoms. The molecule has 0 atom stereocenters. The zero-order chi connectivity index (χ0) is 92.6. The number of carboxylic acids is 1. The number of hydrogen-bond donors (Lipinski definition) is 2. The molecule has 6 aromatic heterocycles. The summed E-state index contributed by atoms with van der Waals surface area (Å²) >= 11 is 1.93. The number of fused-ring (bicyclic) bond motifs is 6. The number of esters is 5. The molecule has 0 fully saturated rings. The van der Waals surface area contributed by atoms with E-state index in [0.717, 1.165) is 32.9 Å². The van der Waals surface area contributed by atoms with Gasteiger partial charge in [0.1, 0.15) is 130 Å². The van der Waals surface area contributed by atoms with Gasteiger partial charge >= 0.3 is 85.4 Å². The van der Waals surface area contributed by atoms with Gasteiger partial charge in [-0.05, 0) is 163 Å². The number of furan rings is 6. The molecule has 0 amide bonds. The van der Waals surface area contributed by atoms with Gasteiger partial charge in [0.2, 0.25) is 0 Å². The molecule has 660 valence electrons. The molecule has 0 bridgehead atoms. The van der Waals surface area contributed by atoms with Gasteiger partial charge in [-0.15, -0.1) is 0 Å². The third-order valence-corrected chi connectivity index (χ3v) is 18.5. The van der Waals surface area contributed by atoms with E-state index in [1.165, 1.54) is 59.8 Å². The van der Waals surface area contributed by atoms with E-state index in [1.54, 1.807) is 149 Å². The number of halogens is 5. The van der Waals surface area contributed by atoms with Crippen molar-refractivity contribution in [3.63, 3.8) is 0 Å². The average molecular weight is 1950 g/mol. The van der Waals surface area contributed by atoms with E-state index in [9.17, 15) is 53.1 Å². The number of rotatable bonds is 22. The number of hydrogen-bond acceptors (Lipinski definition) is 25. The van der Waals surface area contributed by atoms with Crippen LogP contribution in [-0.2, 0) is 91.0 Å². The molecule has 6 heterocycles. The molecule has 0 radical (unpaired) electrons. The molecule has 0 aliphatic carbocycles. The van der Waals surface area contributed by atoms with Crippen LogP contribution in [0.3, 0.4) is 0 Å². The van der Waals surface area contributed by atoms with Crippen LogP contribution < -0.4 is 14.2 Å². The molecule has 26 nitrogen and oxygen atoms in total. The molecular weight excluding hydrogens is 1870 g/mol. The first-order valence-corrected chi connectivity index (χ1v) is 53.1. The van der Waals surface area contributed by atoms with Crippen molar-refractivity contribution in [3.05, 3.63) is 334 Å². The predicted molar refractivity (Wildman–Crippen MR) is 484 cm³/mol. The van der Waals surface area contributed by atoms with Crippen molar-refractivity contribution < 1.29 is 123 Å². The third kappa shape index (κ3) is 28.7. The minimum absolute atomic E-state index is 0.0608. The van der Waals surface area contributed by atoms with Crippen LogP contribution in [0.15, 0.2) is 287 Å². The molecule has 2 N–H and O–H groups in total. The molecule has 0 unspecified atom stereocenters. The molecule has 128 heavy (non-hydrogen) atoms. The number of methoxy groups -OCH3 is 8. The first-order valence-electron chi connectivity index (χ1n) is 38.3. The number of ketones is 3. The van der Waals surface area contributed by atoms with Gasteiger partial charge in [-0.25, -0.2) is 0 Å². The van der Waals surface area contributed by atoms with Gasteiger partial charge < -0.3 is 74.6 Å². The van der Waals surface area contributed by atoms with Crippen LogP contribution in [0.5, 0.6) is 23.0 Å². The number of phenols is 1. The number of para-hydroxylation sites is 6. The fraction of sp³-hybridized carbons (Fsp3) is 0.146. The Morgan fingerprint density at radius 3 is 0.781 bits per heavy atom. The molecule has 16 aromatic rings. The van der Waals surface area contributed by atoms with Gasteiger partial charge in [-0.3, -0.25) is 47.9 Å². The molecule has 0 saturated heterocycles. The second-order valence-electron chi connectivity index (χ2n) is 26.7. The van der Waals surface area contributed by atoms with Crippen LogP contribution in [0, 0.1) is 0 Å². The quantitative estimate of drug-likeness (QED) is 0.0209. The van der Waals surface area contributed by atoms with Crippen molar-refractivity contribution in [2.24, 2.45) is 0 Å². The van der Waals surface area contributed by atoms with E-state index in [4.69, 9.17) is 103 Å². The number of carbonyl (C=O) groups is 10. The Kier molecular flexibility index (Phi) is 37.0. The summed E-state index contributed by atoms with van der Waals surface area (Å²) in [7, 11) is 31.5. The van der Waals surface area contributed by atoms with E-state index < -0.39 is 43.0 Å². The summed E-state index contributed by atoms with van der Waals surface area (Å²) < 4.78 is 71.5. The van der Waals surface area contributed by atoms with Gasteiger partial charge in [0, 0.05) is 54.6 Å². The molecule has 0 aliphatic rings. The second kappa shape index (κ2) is 48.2. The number of phenolic OH excluding ortho intramolecular Hbond substituents is 1. The van der Waals surface area contributed by atoms with Crippen LogP contribution in [0.2, 0.25) is 0 Å². The van der Waals surface area contributed by atoms with Crippen molar-refractivity contribution >= 4 is 185 Å². The van der Waals surface area contributed by atoms with Crippen molar-refractivity contribution in [2.75, 3.05) is 56.9 Å². The zero-order valence-corrected chi connectivity index (χ0v) is 76.3. The van der Waals surface area contributed by atoms with Crippen LogP contribution in [0.1, 0.15) is 92.7 Å². The van der Waals surface area contributed by atoms with Crippen molar-refractivity contribution in [3.8, 4) is 23.0 Å². The fourth-order valence-electron chi connectivity index (χ4n) is 12.2. The van der Waals surface area contributed by atoms with Gasteiger partial charge in [-0.1, -0.05) is 109 Å². The summed E-state index contributed by atoms with van der Waals surface area (Å²) in [4.78, 5) is 117. The Morgan fingerprint density at radius 2 is 0.531 bits per heavy atom. The summed E-state index contributed by atoms with van der Waals surface area (Å²) in [5, 5.41) is 22.4. The van der Waals surface area contributed by atoms with E-state index >= 15 is 0 Å². The first-order chi connectivity index (χ1) is 61.4. The van der Waals surface area contributed by atoms with E-state index in [0.29, 0.717) is 118 Å². The van der Waals surface area contributed by atoms with Crippen molar-refractivity contribution in [2.45, 2.75) is 38.5 Å². The minimum atomic E-state index is -3.29. The summed E-state index contributed by atoms with van der Waals surface area (Å²) in [5.74, 6) is 1.24. The van der Waals surface area contributed by atoms with Crippen LogP contribution >= 0.6 is 47.3 Å². The van der Waals surface area contributed by atoms with E-state index in [-0.39, 0.29) is 79.3 Å². The standard InChI is InChI=1S/2C19H16O5.C18H14O5.2C11H10O3.C10H8O3.C8H7ClO2.4ClH.Sn/c2*1-22-13-9-7-12(8-10-13)19(21)18-14-5-3-4-6-15(14)24-16(18)11-17(20)23-2;1-22-16(20)10-15-17(13-4-2-3-5-14(13)23-15)18(21)11-6-8-12(19)9-7-11;2*1-13-11(12)7-9-6-8-4-2-3-5-10(8)14-9;11-10(12)6-8-5-7-3-1-2-4-9(7)13-8;1-11-7-4-2-6(3-5-7)8(9)10;;;;;/h2*3-10H,11H2,1-2H3;2-9,19H,10H2,1H3;2*2-6H,7H2,1H3;1-5H,6H2,(H,11,12);2-5H,1H3;4*1H;/q;;;;;;;;;;;+4/p-4. The monoisotopic (exact) mass is 1940 g/mol. The Labute approximate surface area is 755 Å². The maximum absolute atomic E-state index is 13.0. The van der Waals surface area contributed by atoms with Gasteiger partial charge in [0.05, 0.1) is 73.6 Å². The summed E-state index contributed by atoms with van der Waals surface area (Å²) in [6.45, 7) is 0. The number of benzene rings is 10. The number of ether oxygens (including phenoxy) is 8. The van der Waals surface area contributed by atoms with E-state index in [2.05, 4.69) is 14.2 Å². The Balaban J connectivity index is 0.000000170. The van der Waals surface area contributed by atoms with Crippen LogP contribution in [0.4, 0.5) is 0 Å². The first kappa shape index (κ1) is 98.2. The fourth-order valence-corrected chi connectivity index (χ4v) is 12.3. The van der Waals surface area contributed by atoms with Crippen LogP contribution in [0.25, 0.3) is 65.8 Å². The van der Waals surface area contributed by atoms with Crippen molar-refractivity contribution in [1.82, 2.24) is 0 Å².